The molecule has 1 aliphatic carbocycles. The number of halogens is 1. The van der Waals surface area contributed by atoms with Crippen LogP contribution in [0.3, 0.4) is 0 Å². The number of methoxy groups -OCH3 is 1. The van der Waals surface area contributed by atoms with Gasteiger partial charge in [0.05, 0.1) is 22.5 Å². The van der Waals surface area contributed by atoms with Crippen LogP contribution in [0.1, 0.15) is 12.8 Å². The number of hydrogen-bond acceptors (Lipinski definition) is 3. The molecule has 1 aromatic rings. The highest BCUT2D eigenvalue weighted by atomic mass is 35.5. The number of anilines is 1. The Balaban J connectivity index is 2.13. The Morgan fingerprint density at radius 2 is 2.22 bits per heavy atom. The normalized spacial score (nSPS) is 15.9. The minimum atomic E-state index is -0.665. The van der Waals surface area contributed by atoms with Crippen LogP contribution in [-0.2, 0) is 4.79 Å². The summed E-state index contributed by atoms with van der Waals surface area (Å²) in [6.45, 7) is 0. The van der Waals surface area contributed by atoms with Crippen LogP contribution in [0.2, 0.25) is 5.02 Å². The maximum atomic E-state index is 12.1. The minimum Gasteiger partial charge on any atom is -0.495 e. The number of ether oxygens (including phenoxy) is 1. The van der Waals surface area contributed by atoms with Gasteiger partial charge in [0.25, 0.3) is 0 Å². The van der Waals surface area contributed by atoms with Crippen molar-refractivity contribution in [3.8, 4) is 5.75 Å². The molecular formula is C12H13ClN2O2S. The second-order valence-corrected chi connectivity index (χ2v) is 5.10. The van der Waals surface area contributed by atoms with Gasteiger partial charge in [0.2, 0.25) is 5.91 Å². The predicted molar refractivity (Wildman–Crippen MR) is 75.1 cm³/mol. The van der Waals surface area contributed by atoms with E-state index in [2.05, 4.69) is 5.32 Å². The van der Waals surface area contributed by atoms with Crippen LogP contribution >= 0.6 is 23.8 Å². The smallest absolute Gasteiger partial charge is 0.237 e. The van der Waals surface area contributed by atoms with Gasteiger partial charge in [-0.2, -0.15) is 0 Å². The summed E-state index contributed by atoms with van der Waals surface area (Å²) >= 11 is 10.9. The molecule has 1 aromatic carbocycles. The van der Waals surface area contributed by atoms with Gasteiger partial charge in [-0.25, -0.2) is 0 Å². The summed E-state index contributed by atoms with van der Waals surface area (Å²) in [5.74, 6) is 0.390. The Morgan fingerprint density at radius 3 is 2.67 bits per heavy atom. The fourth-order valence-corrected chi connectivity index (χ4v) is 2.26. The molecule has 1 fully saturated rings. The molecule has 0 spiro atoms. The van der Waals surface area contributed by atoms with E-state index < -0.39 is 5.41 Å². The molecule has 0 aliphatic heterocycles. The number of nitrogens with one attached hydrogen (secondary N) is 1. The van der Waals surface area contributed by atoms with E-state index >= 15 is 0 Å². The Kier molecular flexibility index (Phi) is 3.45. The van der Waals surface area contributed by atoms with Crippen LogP contribution in [0.5, 0.6) is 5.75 Å². The Hall–Kier alpha value is -1.33. The molecule has 0 saturated heterocycles. The van der Waals surface area contributed by atoms with E-state index in [0.29, 0.717) is 29.3 Å². The summed E-state index contributed by atoms with van der Waals surface area (Å²) in [5.41, 5.74) is 5.53. The lowest BCUT2D eigenvalue weighted by molar-refractivity contribution is -0.118. The number of amides is 1. The van der Waals surface area contributed by atoms with Crippen LogP contribution < -0.4 is 15.8 Å². The van der Waals surface area contributed by atoms with E-state index in [0.717, 1.165) is 0 Å². The van der Waals surface area contributed by atoms with E-state index in [1.807, 2.05) is 0 Å². The third kappa shape index (κ3) is 2.28. The maximum Gasteiger partial charge on any atom is 0.237 e. The molecule has 6 heteroatoms. The van der Waals surface area contributed by atoms with Crippen LogP contribution in [0.4, 0.5) is 5.69 Å². The van der Waals surface area contributed by atoms with E-state index in [1.165, 1.54) is 7.11 Å². The number of carbonyl (C=O) groups excluding carboxylic acids is 1. The van der Waals surface area contributed by atoms with Crippen molar-refractivity contribution < 1.29 is 9.53 Å². The first-order chi connectivity index (χ1) is 8.49. The predicted octanol–water partition coefficient (Wildman–Crippen LogP) is 2.35. The summed E-state index contributed by atoms with van der Waals surface area (Å²) in [5, 5.41) is 3.21. The SMILES string of the molecule is COc1ccc(NC(=O)C2(C(N)=S)CC2)cc1Cl. The summed E-state index contributed by atoms with van der Waals surface area (Å²) in [4.78, 5) is 12.3. The van der Waals surface area contributed by atoms with Gasteiger partial charge in [0.15, 0.2) is 0 Å². The average Bonchev–Trinajstić information content (AvgIpc) is 3.10. The summed E-state index contributed by atoms with van der Waals surface area (Å²) < 4.78 is 5.04. The molecule has 1 amide bonds. The highest BCUT2D eigenvalue weighted by Gasteiger charge is 2.52. The first kappa shape index (κ1) is 13.1. The quantitative estimate of drug-likeness (QED) is 0.833. The number of nitrogens with two attached hydrogens (primary N) is 1. The van der Waals surface area contributed by atoms with Crippen molar-refractivity contribution in [2.45, 2.75) is 12.8 Å². The molecule has 0 unspecified atom stereocenters. The molecule has 3 N–H and O–H groups in total. The molecule has 96 valence electrons. The largest absolute Gasteiger partial charge is 0.495 e. The molecule has 0 aromatic heterocycles. The molecule has 0 bridgehead atoms. The first-order valence-electron chi connectivity index (χ1n) is 5.44. The van der Waals surface area contributed by atoms with Gasteiger partial charge in [-0.05, 0) is 31.0 Å². The third-order valence-electron chi connectivity index (χ3n) is 3.07. The minimum absolute atomic E-state index is 0.170. The number of benzene rings is 1. The van der Waals surface area contributed by atoms with E-state index in [1.54, 1.807) is 18.2 Å². The molecule has 0 atom stereocenters. The molecule has 2 rings (SSSR count). The van der Waals surface area contributed by atoms with Gasteiger partial charge < -0.3 is 15.8 Å². The highest BCUT2D eigenvalue weighted by molar-refractivity contribution is 7.80. The van der Waals surface area contributed by atoms with Crippen molar-refractivity contribution in [1.82, 2.24) is 0 Å². The molecule has 4 nitrogen and oxygen atoms in total. The second kappa shape index (κ2) is 4.74. The van der Waals surface area contributed by atoms with E-state index in [-0.39, 0.29) is 10.9 Å². The zero-order valence-corrected chi connectivity index (χ0v) is 11.4. The van der Waals surface area contributed by atoms with Gasteiger partial charge in [-0.3, -0.25) is 4.79 Å². The number of hydrogen-bond donors (Lipinski definition) is 2. The Bertz CT molecular complexity index is 515. The van der Waals surface area contributed by atoms with Crippen LogP contribution in [-0.4, -0.2) is 18.0 Å². The topological polar surface area (TPSA) is 64.3 Å². The van der Waals surface area contributed by atoms with Crippen molar-refractivity contribution in [2.24, 2.45) is 11.1 Å². The standard InChI is InChI=1S/C12H13ClN2O2S/c1-17-9-3-2-7(6-8(9)13)15-11(16)12(4-5-12)10(14)18/h2-3,6H,4-5H2,1H3,(H2,14,18)(H,15,16). The third-order valence-corrected chi connectivity index (χ3v) is 3.75. The van der Waals surface area contributed by atoms with Gasteiger partial charge in [-0.1, -0.05) is 23.8 Å². The molecule has 0 radical (unpaired) electrons. The van der Waals surface area contributed by atoms with Crippen LogP contribution in [0.25, 0.3) is 0 Å². The summed E-state index contributed by atoms with van der Waals surface area (Å²) in [6, 6.07) is 5.05. The molecular weight excluding hydrogens is 272 g/mol. The van der Waals surface area contributed by atoms with Crippen molar-refractivity contribution in [1.29, 1.82) is 0 Å². The lowest BCUT2D eigenvalue weighted by atomic mass is 10.1. The maximum absolute atomic E-state index is 12.1. The zero-order valence-electron chi connectivity index (χ0n) is 9.83. The monoisotopic (exact) mass is 284 g/mol. The lowest BCUT2D eigenvalue weighted by Gasteiger charge is -2.14. The van der Waals surface area contributed by atoms with E-state index in [9.17, 15) is 4.79 Å². The van der Waals surface area contributed by atoms with Crippen molar-refractivity contribution in [3.63, 3.8) is 0 Å². The molecule has 1 aliphatic rings. The van der Waals surface area contributed by atoms with Crippen molar-refractivity contribution in [3.05, 3.63) is 23.2 Å². The molecule has 0 heterocycles. The summed E-state index contributed by atoms with van der Waals surface area (Å²) in [6.07, 6.45) is 1.41. The van der Waals surface area contributed by atoms with Crippen molar-refractivity contribution in [2.75, 3.05) is 12.4 Å². The fourth-order valence-electron chi connectivity index (χ4n) is 1.71. The summed E-state index contributed by atoms with van der Waals surface area (Å²) in [7, 11) is 1.53. The van der Waals surface area contributed by atoms with Crippen LogP contribution in [0.15, 0.2) is 18.2 Å². The molecule has 18 heavy (non-hydrogen) atoms. The van der Waals surface area contributed by atoms with Crippen molar-refractivity contribution >= 4 is 40.4 Å². The van der Waals surface area contributed by atoms with Gasteiger partial charge >= 0.3 is 0 Å². The van der Waals surface area contributed by atoms with Gasteiger partial charge in [0, 0.05) is 5.69 Å². The zero-order chi connectivity index (χ0) is 13.3. The molecule has 1 saturated carbocycles. The number of thiocarbonyl (C=S) groups is 1. The van der Waals surface area contributed by atoms with Gasteiger partial charge in [-0.15, -0.1) is 0 Å². The Morgan fingerprint density at radius 1 is 1.56 bits per heavy atom. The second-order valence-electron chi connectivity index (χ2n) is 4.25. The number of rotatable bonds is 4. The average molecular weight is 285 g/mol. The lowest BCUT2D eigenvalue weighted by Crippen LogP contribution is -2.34. The van der Waals surface area contributed by atoms with Crippen LogP contribution in [0, 0.1) is 5.41 Å². The Labute approximate surface area is 115 Å². The fraction of sp³-hybridized carbons (Fsp3) is 0.333. The highest BCUT2D eigenvalue weighted by Crippen LogP contribution is 2.47. The van der Waals surface area contributed by atoms with E-state index in [4.69, 9.17) is 34.3 Å². The first-order valence-corrected chi connectivity index (χ1v) is 6.23. The van der Waals surface area contributed by atoms with Gasteiger partial charge in [0.1, 0.15) is 5.75 Å². The number of carbonyl (C=O) groups is 1.